The number of esters is 4. The number of carbonyl (C=O) groups is 4. The van der Waals surface area contributed by atoms with E-state index in [1.807, 2.05) is 0 Å². The van der Waals surface area contributed by atoms with Crippen LogP contribution in [0.2, 0.25) is 0 Å². The van der Waals surface area contributed by atoms with E-state index in [0.29, 0.717) is 0 Å². The molecule has 0 amide bonds. The predicted octanol–water partition coefficient (Wildman–Crippen LogP) is 0.480. The average molecular weight is 484 g/mol. The number of hydrogen-bond donors (Lipinski definition) is 2. The van der Waals surface area contributed by atoms with Gasteiger partial charge < -0.3 is 33.9 Å². The molecule has 6 atom stereocenters. The van der Waals surface area contributed by atoms with Crippen LogP contribution in [0.3, 0.4) is 0 Å². The predicted molar refractivity (Wildman–Crippen MR) is 113 cm³/mol. The molecule has 190 valence electrons. The van der Waals surface area contributed by atoms with Crippen molar-refractivity contribution in [3.8, 4) is 0 Å². The van der Waals surface area contributed by atoms with E-state index in [0.717, 1.165) is 20.8 Å². The number of hydrogen-bond acceptors (Lipinski definition) is 11. The van der Waals surface area contributed by atoms with Crippen LogP contribution in [-0.4, -0.2) is 81.9 Å². The Bertz CT molecular complexity index is 937. The number of rotatable bonds is 6. The van der Waals surface area contributed by atoms with Gasteiger partial charge in [-0.15, -0.1) is 0 Å². The lowest BCUT2D eigenvalue weighted by Crippen LogP contribution is -2.82. The van der Waals surface area contributed by atoms with Crippen LogP contribution in [0.25, 0.3) is 0 Å². The van der Waals surface area contributed by atoms with E-state index < -0.39 is 58.5 Å². The molecular weight excluding hydrogens is 452 g/mol. The molecule has 34 heavy (non-hydrogen) atoms. The third-order valence-electron chi connectivity index (χ3n) is 6.95. The van der Waals surface area contributed by atoms with Crippen molar-refractivity contribution >= 4 is 23.9 Å². The van der Waals surface area contributed by atoms with E-state index in [2.05, 4.69) is 0 Å². The zero-order valence-corrected chi connectivity index (χ0v) is 20.3. The van der Waals surface area contributed by atoms with Gasteiger partial charge in [0.25, 0.3) is 0 Å². The maximum Gasteiger partial charge on any atom is 0.337 e. The molecule has 2 N–H and O–H groups in total. The fraction of sp³-hybridized carbons (Fsp3) is 0.739. The maximum absolute atomic E-state index is 13.2. The van der Waals surface area contributed by atoms with Crippen LogP contribution in [0.1, 0.15) is 60.8 Å². The smallest absolute Gasteiger partial charge is 0.337 e. The molecule has 1 spiro atoms. The summed E-state index contributed by atoms with van der Waals surface area (Å²) in [6.45, 7) is 7.97. The van der Waals surface area contributed by atoms with Crippen molar-refractivity contribution in [2.24, 2.45) is 0 Å². The SMILES string of the molecule is CCOCC1=C2[C@@H](OC(C)=O)CC(C)(OC(C)=O)[C@@]3(O)CCC(C)(O)[C@H](OC(C)=O)[C@@]23OC1=O. The lowest BCUT2D eigenvalue weighted by Gasteiger charge is -2.63. The second-order valence-corrected chi connectivity index (χ2v) is 9.49. The molecule has 0 aromatic rings. The van der Waals surface area contributed by atoms with Crippen molar-refractivity contribution in [3.63, 3.8) is 0 Å². The van der Waals surface area contributed by atoms with Gasteiger partial charge in [0.2, 0.25) is 5.60 Å². The third-order valence-corrected chi connectivity index (χ3v) is 6.95. The molecule has 2 fully saturated rings. The molecule has 3 aliphatic rings. The Labute approximate surface area is 197 Å². The molecule has 0 saturated heterocycles. The third kappa shape index (κ3) is 3.79. The Balaban J connectivity index is 2.40. The number of carbonyl (C=O) groups excluding carboxylic acids is 4. The van der Waals surface area contributed by atoms with Crippen LogP contribution in [0.4, 0.5) is 0 Å². The Morgan fingerprint density at radius 1 is 1.03 bits per heavy atom. The molecule has 2 aliphatic carbocycles. The van der Waals surface area contributed by atoms with E-state index in [9.17, 15) is 29.4 Å². The molecular formula is C23H32O11. The van der Waals surface area contributed by atoms with Crippen molar-refractivity contribution in [2.45, 2.75) is 95.4 Å². The standard InChI is InChI=1S/C23H32O11/c1-7-30-11-15-17-16(31-12(2)24)10-21(6,33-14(4)26)22(29)9-8-20(5,28)19(32-13(3)25)23(17,22)34-18(15)27/h16,19,28-29H,7-11H2,1-6H3/t16-,19-,20?,21?,22-,23-/m0/s1. The summed E-state index contributed by atoms with van der Waals surface area (Å²) in [4.78, 5) is 49.5. The van der Waals surface area contributed by atoms with Gasteiger partial charge in [-0.25, -0.2) is 4.79 Å². The highest BCUT2D eigenvalue weighted by Crippen LogP contribution is 2.63. The molecule has 2 unspecified atom stereocenters. The zero-order valence-electron chi connectivity index (χ0n) is 20.3. The maximum atomic E-state index is 13.2. The van der Waals surface area contributed by atoms with E-state index >= 15 is 0 Å². The summed E-state index contributed by atoms with van der Waals surface area (Å²) >= 11 is 0. The van der Waals surface area contributed by atoms with Gasteiger partial charge in [-0.1, -0.05) is 0 Å². The van der Waals surface area contributed by atoms with Gasteiger partial charge >= 0.3 is 23.9 Å². The largest absolute Gasteiger partial charge is 0.458 e. The monoisotopic (exact) mass is 484 g/mol. The van der Waals surface area contributed by atoms with Crippen LogP contribution in [0.5, 0.6) is 0 Å². The van der Waals surface area contributed by atoms with Crippen molar-refractivity contribution in [2.75, 3.05) is 13.2 Å². The summed E-state index contributed by atoms with van der Waals surface area (Å²) in [7, 11) is 0. The van der Waals surface area contributed by atoms with Gasteiger partial charge in [-0.3, -0.25) is 14.4 Å². The highest BCUT2D eigenvalue weighted by molar-refractivity contribution is 5.95. The van der Waals surface area contributed by atoms with Crippen LogP contribution in [0, 0.1) is 0 Å². The highest BCUT2D eigenvalue weighted by Gasteiger charge is 2.81. The zero-order chi connectivity index (χ0) is 25.7. The molecule has 0 bridgehead atoms. The van der Waals surface area contributed by atoms with Gasteiger partial charge in [0.1, 0.15) is 17.3 Å². The molecule has 0 radical (unpaired) electrons. The minimum Gasteiger partial charge on any atom is -0.458 e. The van der Waals surface area contributed by atoms with Gasteiger partial charge in [0.15, 0.2) is 11.7 Å². The first-order chi connectivity index (χ1) is 15.6. The second-order valence-electron chi connectivity index (χ2n) is 9.49. The molecule has 11 nitrogen and oxygen atoms in total. The van der Waals surface area contributed by atoms with Gasteiger partial charge in [-0.05, 0) is 33.6 Å². The van der Waals surface area contributed by atoms with Crippen molar-refractivity contribution in [1.29, 1.82) is 0 Å². The molecule has 1 aliphatic heterocycles. The Morgan fingerprint density at radius 3 is 2.18 bits per heavy atom. The first-order valence-electron chi connectivity index (χ1n) is 11.2. The summed E-state index contributed by atoms with van der Waals surface area (Å²) in [6, 6.07) is 0. The van der Waals surface area contributed by atoms with E-state index in [1.165, 1.54) is 13.8 Å². The summed E-state index contributed by atoms with van der Waals surface area (Å²) < 4.78 is 27.9. The molecule has 1 heterocycles. The van der Waals surface area contributed by atoms with Crippen molar-refractivity contribution in [1.82, 2.24) is 0 Å². The van der Waals surface area contributed by atoms with Crippen LogP contribution in [-0.2, 0) is 42.9 Å². The molecule has 0 aromatic heterocycles. The number of aliphatic hydroxyl groups is 2. The van der Waals surface area contributed by atoms with Crippen LogP contribution < -0.4 is 0 Å². The molecule has 11 heteroatoms. The molecule has 3 rings (SSSR count). The minimum atomic E-state index is -2.22. The van der Waals surface area contributed by atoms with Crippen molar-refractivity contribution in [3.05, 3.63) is 11.1 Å². The fourth-order valence-electron chi connectivity index (χ4n) is 5.68. The van der Waals surface area contributed by atoms with Crippen molar-refractivity contribution < 1.29 is 53.1 Å². The molecule has 2 saturated carbocycles. The van der Waals surface area contributed by atoms with Gasteiger partial charge in [0, 0.05) is 39.4 Å². The number of ether oxygens (including phenoxy) is 5. The quantitative estimate of drug-likeness (QED) is 0.399. The van der Waals surface area contributed by atoms with Gasteiger partial charge in [-0.2, -0.15) is 0 Å². The average Bonchev–Trinajstić information content (AvgIpc) is 2.98. The summed E-state index contributed by atoms with van der Waals surface area (Å²) in [6.07, 6.45) is -3.30. The Morgan fingerprint density at radius 2 is 1.65 bits per heavy atom. The van der Waals surface area contributed by atoms with E-state index in [4.69, 9.17) is 23.7 Å². The second kappa shape index (κ2) is 8.62. The first-order valence-corrected chi connectivity index (χ1v) is 11.2. The Hall–Kier alpha value is -2.50. The lowest BCUT2D eigenvalue weighted by atomic mass is 9.51. The van der Waals surface area contributed by atoms with Crippen LogP contribution >= 0.6 is 0 Å². The normalized spacial score (nSPS) is 39.0. The van der Waals surface area contributed by atoms with E-state index in [-0.39, 0.29) is 43.6 Å². The highest BCUT2D eigenvalue weighted by atomic mass is 16.6. The summed E-state index contributed by atoms with van der Waals surface area (Å²) in [5.74, 6) is -3.13. The summed E-state index contributed by atoms with van der Waals surface area (Å²) in [5.41, 5.74) is -7.88. The topological polar surface area (TPSA) is 155 Å². The van der Waals surface area contributed by atoms with Crippen LogP contribution in [0.15, 0.2) is 11.1 Å². The lowest BCUT2D eigenvalue weighted by molar-refractivity contribution is -0.324. The summed E-state index contributed by atoms with van der Waals surface area (Å²) in [5, 5.41) is 23.6. The fourth-order valence-corrected chi connectivity index (χ4v) is 5.68. The first kappa shape index (κ1) is 26.1. The Kier molecular flexibility index (Phi) is 6.62. The van der Waals surface area contributed by atoms with Gasteiger partial charge in [0.05, 0.1) is 12.2 Å². The molecule has 0 aromatic carbocycles. The van der Waals surface area contributed by atoms with E-state index in [1.54, 1.807) is 6.92 Å². The minimum absolute atomic E-state index is 0.0220.